The summed E-state index contributed by atoms with van der Waals surface area (Å²) in [5.74, 6) is -0.242. The minimum atomic E-state index is -0.242. The van der Waals surface area contributed by atoms with E-state index in [9.17, 15) is 4.79 Å². The van der Waals surface area contributed by atoms with Crippen molar-refractivity contribution in [1.29, 1.82) is 0 Å². The van der Waals surface area contributed by atoms with Crippen LogP contribution in [-0.4, -0.2) is 17.6 Å². The Balaban J connectivity index is 2.71. The van der Waals surface area contributed by atoms with Gasteiger partial charge in [0.25, 0.3) is 0 Å². The Labute approximate surface area is 88.1 Å². The lowest BCUT2D eigenvalue weighted by Crippen LogP contribution is -2.07. The minimum absolute atomic E-state index is 0.242. The maximum absolute atomic E-state index is 11.1. The molecule has 1 heterocycles. The fourth-order valence-corrected chi connectivity index (χ4v) is 1.45. The predicted octanol–water partition coefficient (Wildman–Crippen LogP) is 2.15. The SMILES string of the molecule is CCOC(=O)Cc1cc(C)nc(Cl)c1. The van der Waals surface area contributed by atoms with Crippen LogP contribution in [0.4, 0.5) is 0 Å². The van der Waals surface area contributed by atoms with Crippen molar-refractivity contribution in [2.75, 3.05) is 6.61 Å². The van der Waals surface area contributed by atoms with Gasteiger partial charge in [-0.2, -0.15) is 0 Å². The van der Waals surface area contributed by atoms with Gasteiger partial charge in [0.05, 0.1) is 13.0 Å². The Kier molecular flexibility index (Phi) is 3.89. The molecule has 0 amide bonds. The molecule has 0 aliphatic rings. The first-order valence-corrected chi connectivity index (χ1v) is 4.78. The molecule has 0 bridgehead atoms. The van der Waals surface area contributed by atoms with Gasteiger partial charge in [-0.1, -0.05) is 11.6 Å². The summed E-state index contributed by atoms with van der Waals surface area (Å²) in [6.07, 6.45) is 0.247. The molecule has 0 fully saturated rings. The van der Waals surface area contributed by atoms with Crippen molar-refractivity contribution in [3.63, 3.8) is 0 Å². The van der Waals surface area contributed by atoms with Gasteiger partial charge >= 0.3 is 5.97 Å². The quantitative estimate of drug-likeness (QED) is 0.571. The number of aryl methyl sites for hydroxylation is 1. The number of aromatic nitrogens is 1. The van der Waals surface area contributed by atoms with Crippen LogP contribution in [-0.2, 0) is 16.0 Å². The first-order chi connectivity index (χ1) is 6.61. The van der Waals surface area contributed by atoms with Gasteiger partial charge < -0.3 is 4.74 Å². The Morgan fingerprint density at radius 3 is 2.86 bits per heavy atom. The van der Waals surface area contributed by atoms with E-state index < -0.39 is 0 Å². The van der Waals surface area contributed by atoms with Crippen molar-refractivity contribution >= 4 is 17.6 Å². The van der Waals surface area contributed by atoms with Crippen molar-refractivity contribution in [2.24, 2.45) is 0 Å². The number of ether oxygens (including phenoxy) is 1. The number of halogens is 1. The van der Waals surface area contributed by atoms with E-state index in [-0.39, 0.29) is 12.4 Å². The highest BCUT2D eigenvalue weighted by Crippen LogP contribution is 2.11. The van der Waals surface area contributed by atoms with E-state index in [0.717, 1.165) is 11.3 Å². The number of rotatable bonds is 3. The van der Waals surface area contributed by atoms with Crippen LogP contribution in [0.3, 0.4) is 0 Å². The van der Waals surface area contributed by atoms with Gasteiger partial charge in [0.15, 0.2) is 0 Å². The summed E-state index contributed by atoms with van der Waals surface area (Å²) >= 11 is 5.75. The van der Waals surface area contributed by atoms with Crippen LogP contribution >= 0.6 is 11.6 Å². The molecule has 1 aromatic rings. The van der Waals surface area contributed by atoms with E-state index in [1.807, 2.05) is 13.0 Å². The number of esters is 1. The van der Waals surface area contributed by atoms with Crippen molar-refractivity contribution in [3.8, 4) is 0 Å². The van der Waals surface area contributed by atoms with Gasteiger partial charge in [-0.05, 0) is 31.5 Å². The Morgan fingerprint density at radius 2 is 2.29 bits per heavy atom. The number of hydrogen-bond donors (Lipinski definition) is 0. The number of carbonyl (C=O) groups is 1. The minimum Gasteiger partial charge on any atom is -0.466 e. The molecule has 14 heavy (non-hydrogen) atoms. The molecule has 1 rings (SSSR count). The molecule has 0 N–H and O–H groups in total. The summed E-state index contributed by atoms with van der Waals surface area (Å²) in [7, 11) is 0. The second-order valence-corrected chi connectivity index (χ2v) is 3.31. The Bertz CT molecular complexity index is 319. The molecule has 0 unspecified atom stereocenters. The maximum Gasteiger partial charge on any atom is 0.310 e. The van der Waals surface area contributed by atoms with Crippen LogP contribution < -0.4 is 0 Å². The van der Waals surface area contributed by atoms with E-state index in [1.54, 1.807) is 13.0 Å². The molecular formula is C10H12ClNO2. The van der Waals surface area contributed by atoms with E-state index in [4.69, 9.17) is 16.3 Å². The smallest absolute Gasteiger partial charge is 0.310 e. The number of carbonyl (C=O) groups excluding carboxylic acids is 1. The summed E-state index contributed by atoms with van der Waals surface area (Å²) in [6.45, 7) is 4.01. The molecule has 1 aromatic heterocycles. The highest BCUT2D eigenvalue weighted by Gasteiger charge is 2.05. The third-order valence-electron chi connectivity index (χ3n) is 1.64. The molecule has 3 nitrogen and oxygen atoms in total. The molecule has 0 saturated carbocycles. The third kappa shape index (κ3) is 3.34. The zero-order chi connectivity index (χ0) is 10.6. The number of hydrogen-bond acceptors (Lipinski definition) is 3. The van der Waals surface area contributed by atoms with E-state index in [0.29, 0.717) is 11.8 Å². The number of nitrogens with zero attached hydrogens (tertiary/aromatic N) is 1. The summed E-state index contributed by atoms with van der Waals surface area (Å²) in [5.41, 5.74) is 1.64. The highest BCUT2D eigenvalue weighted by atomic mass is 35.5. The van der Waals surface area contributed by atoms with Gasteiger partial charge in [0, 0.05) is 5.69 Å². The van der Waals surface area contributed by atoms with Crippen LogP contribution in [0.5, 0.6) is 0 Å². The average Bonchev–Trinajstić information content (AvgIpc) is 2.01. The first-order valence-electron chi connectivity index (χ1n) is 4.40. The molecule has 0 radical (unpaired) electrons. The lowest BCUT2D eigenvalue weighted by molar-refractivity contribution is -0.142. The highest BCUT2D eigenvalue weighted by molar-refractivity contribution is 6.29. The molecule has 0 aliphatic carbocycles. The van der Waals surface area contributed by atoms with Gasteiger partial charge in [-0.15, -0.1) is 0 Å². The van der Waals surface area contributed by atoms with Crippen LogP contribution in [0.25, 0.3) is 0 Å². The predicted molar refractivity (Wildman–Crippen MR) is 54.3 cm³/mol. The van der Waals surface area contributed by atoms with Crippen molar-refractivity contribution in [2.45, 2.75) is 20.3 Å². The van der Waals surface area contributed by atoms with E-state index in [1.165, 1.54) is 0 Å². The Morgan fingerprint density at radius 1 is 1.57 bits per heavy atom. The summed E-state index contributed by atoms with van der Waals surface area (Å²) in [6, 6.07) is 3.49. The second-order valence-electron chi connectivity index (χ2n) is 2.92. The Hall–Kier alpha value is -1.09. The standard InChI is InChI=1S/C10H12ClNO2/c1-3-14-10(13)6-8-4-7(2)12-9(11)5-8/h4-5H,3,6H2,1-2H3. The monoisotopic (exact) mass is 213 g/mol. The van der Waals surface area contributed by atoms with Crippen molar-refractivity contribution < 1.29 is 9.53 Å². The summed E-state index contributed by atoms with van der Waals surface area (Å²) in [4.78, 5) is 15.2. The van der Waals surface area contributed by atoms with E-state index >= 15 is 0 Å². The largest absolute Gasteiger partial charge is 0.466 e. The fourth-order valence-electron chi connectivity index (χ4n) is 1.18. The lowest BCUT2D eigenvalue weighted by Gasteiger charge is -2.03. The third-order valence-corrected chi connectivity index (χ3v) is 1.83. The van der Waals surface area contributed by atoms with Gasteiger partial charge in [0.2, 0.25) is 0 Å². The molecule has 4 heteroatoms. The fraction of sp³-hybridized carbons (Fsp3) is 0.400. The molecule has 0 aliphatic heterocycles. The van der Waals surface area contributed by atoms with Crippen LogP contribution in [0.1, 0.15) is 18.2 Å². The lowest BCUT2D eigenvalue weighted by atomic mass is 10.2. The van der Waals surface area contributed by atoms with Crippen LogP contribution in [0.2, 0.25) is 5.15 Å². The molecule has 76 valence electrons. The first kappa shape index (κ1) is 11.0. The van der Waals surface area contributed by atoms with Gasteiger partial charge in [-0.3, -0.25) is 4.79 Å². The molecule has 0 aromatic carbocycles. The van der Waals surface area contributed by atoms with E-state index in [2.05, 4.69) is 4.98 Å². The van der Waals surface area contributed by atoms with Gasteiger partial charge in [-0.25, -0.2) is 4.98 Å². The topological polar surface area (TPSA) is 39.2 Å². The van der Waals surface area contributed by atoms with Crippen LogP contribution in [0.15, 0.2) is 12.1 Å². The summed E-state index contributed by atoms with van der Waals surface area (Å²) in [5, 5.41) is 0.407. The molecular weight excluding hydrogens is 202 g/mol. The molecule has 0 spiro atoms. The summed E-state index contributed by atoms with van der Waals surface area (Å²) < 4.78 is 4.82. The van der Waals surface area contributed by atoms with Crippen molar-refractivity contribution in [1.82, 2.24) is 4.98 Å². The van der Waals surface area contributed by atoms with Gasteiger partial charge in [0.1, 0.15) is 5.15 Å². The zero-order valence-corrected chi connectivity index (χ0v) is 8.97. The van der Waals surface area contributed by atoms with Crippen molar-refractivity contribution in [3.05, 3.63) is 28.5 Å². The average molecular weight is 214 g/mol. The number of pyridine rings is 1. The van der Waals surface area contributed by atoms with Crippen LogP contribution in [0, 0.1) is 6.92 Å². The zero-order valence-electron chi connectivity index (χ0n) is 8.21. The molecule has 0 saturated heterocycles. The second kappa shape index (κ2) is 4.96. The molecule has 0 atom stereocenters. The normalized spacial score (nSPS) is 9.93. The maximum atomic E-state index is 11.1.